The Kier molecular flexibility index (Phi) is 4.50. The Morgan fingerprint density at radius 1 is 0.931 bits per heavy atom. The Hall–Kier alpha value is -3.22. The highest BCUT2D eigenvalue weighted by Gasteiger charge is 2.29. The molecule has 2 aliphatic rings. The molecule has 148 valence electrons. The summed E-state index contributed by atoms with van der Waals surface area (Å²) < 4.78 is 13.2. The molecule has 1 aromatic heterocycles. The van der Waals surface area contributed by atoms with Gasteiger partial charge in [-0.2, -0.15) is 10.1 Å². The van der Waals surface area contributed by atoms with E-state index in [-0.39, 0.29) is 5.82 Å². The van der Waals surface area contributed by atoms with Crippen molar-refractivity contribution in [2.45, 2.75) is 19.4 Å². The fourth-order valence-electron chi connectivity index (χ4n) is 4.26. The van der Waals surface area contributed by atoms with Crippen molar-refractivity contribution in [3.63, 3.8) is 0 Å². The highest BCUT2D eigenvalue weighted by Crippen LogP contribution is 2.36. The fourth-order valence-corrected chi connectivity index (χ4v) is 4.26. The summed E-state index contributed by atoms with van der Waals surface area (Å²) in [7, 11) is 0. The topological polar surface area (TPSA) is 48.4 Å². The number of hydrogen-bond acceptors (Lipinski definition) is 6. The van der Waals surface area contributed by atoms with Crippen molar-refractivity contribution < 1.29 is 4.39 Å². The minimum absolute atomic E-state index is 0.204. The maximum atomic E-state index is 13.2. The highest BCUT2D eigenvalue weighted by atomic mass is 19.1. The molecule has 2 aliphatic heterocycles. The first kappa shape index (κ1) is 17.8. The van der Waals surface area contributed by atoms with Gasteiger partial charge in [-0.1, -0.05) is 18.2 Å². The number of rotatable bonds is 3. The summed E-state index contributed by atoms with van der Waals surface area (Å²) in [5.74, 6) is 1.30. The van der Waals surface area contributed by atoms with Gasteiger partial charge < -0.3 is 14.7 Å². The number of fused-ring (bicyclic) bond motifs is 1. The number of hydrogen-bond donors (Lipinski definition) is 0. The summed E-state index contributed by atoms with van der Waals surface area (Å²) in [5.41, 5.74) is 3.54. The fraction of sp³-hybridized carbons (Fsp3) is 0.318. The largest absolute Gasteiger partial charge is 0.368 e. The van der Waals surface area contributed by atoms with E-state index in [4.69, 9.17) is 4.98 Å². The molecule has 1 saturated heterocycles. The summed E-state index contributed by atoms with van der Waals surface area (Å²) >= 11 is 0. The number of nitrogens with zero attached hydrogens (tertiary/aromatic N) is 6. The average molecular weight is 390 g/mol. The lowest BCUT2D eigenvalue weighted by Gasteiger charge is -2.36. The van der Waals surface area contributed by atoms with Crippen LogP contribution in [0.5, 0.6) is 0 Å². The van der Waals surface area contributed by atoms with Crippen molar-refractivity contribution in [1.82, 2.24) is 15.2 Å². The molecule has 0 spiro atoms. The SMILES string of the molecule is CC1Cc2ccccc2N1c1nncc(N2CCN(c3ccc(F)cc3)CC2)n1. The van der Waals surface area contributed by atoms with Gasteiger partial charge in [0.05, 0.1) is 6.20 Å². The number of halogens is 1. The van der Waals surface area contributed by atoms with Crippen LogP contribution in [0.3, 0.4) is 0 Å². The zero-order valence-electron chi connectivity index (χ0n) is 16.4. The van der Waals surface area contributed by atoms with Crippen molar-refractivity contribution in [3.05, 3.63) is 66.1 Å². The lowest BCUT2D eigenvalue weighted by Crippen LogP contribution is -2.47. The molecular weight excluding hydrogens is 367 g/mol. The van der Waals surface area contributed by atoms with E-state index in [2.05, 4.69) is 56.1 Å². The number of benzene rings is 2. The molecule has 6 nitrogen and oxygen atoms in total. The third-order valence-electron chi connectivity index (χ3n) is 5.75. The molecule has 3 heterocycles. The van der Waals surface area contributed by atoms with Crippen LogP contribution in [0.1, 0.15) is 12.5 Å². The highest BCUT2D eigenvalue weighted by molar-refractivity contribution is 5.67. The Morgan fingerprint density at radius 2 is 1.66 bits per heavy atom. The molecule has 0 N–H and O–H groups in total. The summed E-state index contributed by atoms with van der Waals surface area (Å²) in [5, 5.41) is 8.58. The van der Waals surface area contributed by atoms with Crippen LogP contribution in [0.4, 0.5) is 27.5 Å². The molecule has 1 atom stereocenters. The second kappa shape index (κ2) is 7.31. The number of anilines is 4. The zero-order chi connectivity index (χ0) is 19.8. The van der Waals surface area contributed by atoms with Crippen LogP contribution in [-0.4, -0.2) is 47.4 Å². The molecule has 5 rings (SSSR count). The van der Waals surface area contributed by atoms with E-state index in [1.807, 2.05) is 12.1 Å². The molecule has 1 fully saturated rings. The molecule has 2 aromatic carbocycles. The maximum Gasteiger partial charge on any atom is 0.252 e. The maximum absolute atomic E-state index is 13.2. The van der Waals surface area contributed by atoms with E-state index in [9.17, 15) is 4.39 Å². The van der Waals surface area contributed by atoms with E-state index >= 15 is 0 Å². The standard InChI is InChI=1S/C22H23FN6/c1-16-14-17-4-2-3-5-20(17)29(16)22-25-21(15-24-26-22)28-12-10-27(11-13-28)19-8-6-18(23)7-9-19/h2-9,15-16H,10-14H2,1H3. The zero-order valence-corrected chi connectivity index (χ0v) is 16.4. The molecule has 3 aromatic rings. The summed E-state index contributed by atoms with van der Waals surface area (Å²) in [6, 6.07) is 15.4. The molecular formula is C22H23FN6. The van der Waals surface area contributed by atoms with Crippen molar-refractivity contribution in [3.8, 4) is 0 Å². The van der Waals surface area contributed by atoms with Gasteiger partial charge in [0.1, 0.15) is 5.82 Å². The first-order valence-electron chi connectivity index (χ1n) is 10.0. The molecule has 0 amide bonds. The average Bonchev–Trinajstić information content (AvgIpc) is 3.10. The van der Waals surface area contributed by atoms with Crippen LogP contribution in [0.25, 0.3) is 0 Å². The second-order valence-corrected chi connectivity index (χ2v) is 7.62. The third-order valence-corrected chi connectivity index (χ3v) is 5.75. The van der Waals surface area contributed by atoms with E-state index in [1.165, 1.54) is 23.4 Å². The third kappa shape index (κ3) is 3.37. The predicted molar refractivity (Wildman–Crippen MR) is 112 cm³/mol. The monoisotopic (exact) mass is 390 g/mol. The van der Waals surface area contributed by atoms with Crippen LogP contribution < -0.4 is 14.7 Å². The van der Waals surface area contributed by atoms with Crippen LogP contribution in [0.2, 0.25) is 0 Å². The minimum Gasteiger partial charge on any atom is -0.368 e. The van der Waals surface area contributed by atoms with Gasteiger partial charge in [0.25, 0.3) is 5.95 Å². The van der Waals surface area contributed by atoms with Gasteiger partial charge in [-0.25, -0.2) is 4.39 Å². The van der Waals surface area contributed by atoms with Gasteiger partial charge in [0.2, 0.25) is 0 Å². The molecule has 7 heteroatoms. The van der Waals surface area contributed by atoms with E-state index in [1.54, 1.807) is 6.20 Å². The van der Waals surface area contributed by atoms with E-state index in [0.717, 1.165) is 44.1 Å². The normalized spacial score (nSPS) is 18.8. The van der Waals surface area contributed by atoms with Gasteiger partial charge >= 0.3 is 0 Å². The minimum atomic E-state index is -0.204. The number of aromatic nitrogens is 3. The Balaban J connectivity index is 1.33. The smallest absolute Gasteiger partial charge is 0.252 e. The Morgan fingerprint density at radius 3 is 2.45 bits per heavy atom. The first-order valence-corrected chi connectivity index (χ1v) is 10.0. The van der Waals surface area contributed by atoms with Gasteiger partial charge in [0.15, 0.2) is 5.82 Å². The van der Waals surface area contributed by atoms with Gasteiger partial charge in [-0.15, -0.1) is 5.10 Å². The van der Waals surface area contributed by atoms with E-state index < -0.39 is 0 Å². The van der Waals surface area contributed by atoms with Crippen LogP contribution in [0.15, 0.2) is 54.7 Å². The first-order chi connectivity index (χ1) is 14.2. The number of piperazine rings is 1. The van der Waals surface area contributed by atoms with Crippen molar-refractivity contribution >= 4 is 23.1 Å². The van der Waals surface area contributed by atoms with Gasteiger partial charge in [0, 0.05) is 43.6 Å². The summed E-state index contributed by atoms with van der Waals surface area (Å²) in [6.07, 6.45) is 2.73. The molecule has 0 radical (unpaired) electrons. The second-order valence-electron chi connectivity index (χ2n) is 7.62. The Bertz CT molecular complexity index is 1000. The van der Waals surface area contributed by atoms with Crippen molar-refractivity contribution in [1.29, 1.82) is 0 Å². The lowest BCUT2D eigenvalue weighted by atomic mass is 10.1. The van der Waals surface area contributed by atoms with Crippen LogP contribution >= 0.6 is 0 Å². The lowest BCUT2D eigenvalue weighted by molar-refractivity contribution is 0.623. The number of para-hydroxylation sites is 1. The van der Waals surface area contributed by atoms with Gasteiger partial charge in [-0.3, -0.25) is 0 Å². The summed E-state index contributed by atoms with van der Waals surface area (Å²) in [6.45, 7) is 5.57. The molecule has 0 saturated carbocycles. The molecule has 0 aliphatic carbocycles. The molecule has 29 heavy (non-hydrogen) atoms. The quantitative estimate of drug-likeness (QED) is 0.683. The van der Waals surface area contributed by atoms with Crippen LogP contribution in [0, 0.1) is 5.82 Å². The molecule has 0 bridgehead atoms. The van der Waals surface area contributed by atoms with Crippen LogP contribution in [-0.2, 0) is 6.42 Å². The summed E-state index contributed by atoms with van der Waals surface area (Å²) in [4.78, 5) is 11.5. The predicted octanol–water partition coefficient (Wildman–Crippen LogP) is 3.42. The van der Waals surface area contributed by atoms with Gasteiger partial charge in [-0.05, 0) is 49.2 Å². The van der Waals surface area contributed by atoms with Crippen molar-refractivity contribution in [2.75, 3.05) is 40.9 Å². The Labute approximate surface area is 169 Å². The van der Waals surface area contributed by atoms with E-state index in [0.29, 0.717) is 12.0 Å². The molecule has 1 unspecified atom stereocenters. The van der Waals surface area contributed by atoms with Crippen molar-refractivity contribution in [2.24, 2.45) is 0 Å².